The van der Waals surface area contributed by atoms with Gasteiger partial charge in [0, 0.05) is 12.0 Å². The number of hydrogen-bond acceptors (Lipinski definition) is 4. The van der Waals surface area contributed by atoms with Crippen LogP contribution in [0.2, 0.25) is 18.1 Å². The summed E-state index contributed by atoms with van der Waals surface area (Å²) in [5.41, 5.74) is 0.252. The summed E-state index contributed by atoms with van der Waals surface area (Å²) in [4.78, 5) is 11.5. The molecule has 2 aliphatic carbocycles. The van der Waals surface area contributed by atoms with Gasteiger partial charge in [-0.05, 0) is 69.0 Å². The highest BCUT2D eigenvalue weighted by Gasteiger charge is 2.55. The second-order valence-electron chi connectivity index (χ2n) is 10.5. The molecular weight excluding hydrogens is 368 g/mol. The van der Waals surface area contributed by atoms with Crippen LogP contribution in [0.3, 0.4) is 0 Å². The standard InChI is InChI=1S/C23H42O4Si/c1-9-25-21(24)14-16-26-17(2)18-12-13-19-20(11-10-15-23(18,19)6)27-28(7,8)22(3,4)5/h14,16-20H,9-13,15H2,1-8H3/b16-14+/t17-,18+,19-,20-,23+/m0/s1. The number of hydrogen-bond donors (Lipinski definition) is 0. The van der Waals surface area contributed by atoms with Gasteiger partial charge >= 0.3 is 5.97 Å². The van der Waals surface area contributed by atoms with Gasteiger partial charge in [0.2, 0.25) is 0 Å². The molecular formula is C23H42O4Si. The molecule has 2 fully saturated rings. The normalized spacial score (nSPS) is 32.2. The van der Waals surface area contributed by atoms with Crippen molar-refractivity contribution in [3.63, 3.8) is 0 Å². The highest BCUT2D eigenvalue weighted by Crippen LogP contribution is 2.58. The molecule has 0 bridgehead atoms. The third-order valence-corrected chi connectivity index (χ3v) is 12.2. The van der Waals surface area contributed by atoms with Crippen LogP contribution in [0.15, 0.2) is 12.3 Å². The highest BCUT2D eigenvalue weighted by atomic mass is 28.4. The van der Waals surface area contributed by atoms with E-state index < -0.39 is 8.32 Å². The molecule has 0 aromatic heterocycles. The Bertz CT molecular complexity index is 565. The fourth-order valence-electron chi connectivity index (χ4n) is 5.13. The van der Waals surface area contributed by atoms with Gasteiger partial charge in [0.1, 0.15) is 0 Å². The molecule has 28 heavy (non-hydrogen) atoms. The van der Waals surface area contributed by atoms with E-state index in [1.54, 1.807) is 6.92 Å². The maximum atomic E-state index is 11.5. The van der Waals surface area contributed by atoms with E-state index >= 15 is 0 Å². The zero-order valence-electron chi connectivity index (χ0n) is 19.3. The molecule has 2 aliphatic rings. The zero-order valence-corrected chi connectivity index (χ0v) is 20.3. The van der Waals surface area contributed by atoms with Gasteiger partial charge in [-0.3, -0.25) is 0 Å². The molecule has 0 unspecified atom stereocenters. The topological polar surface area (TPSA) is 44.8 Å². The number of carbonyl (C=O) groups excluding carboxylic acids is 1. The van der Waals surface area contributed by atoms with Crippen molar-refractivity contribution in [2.24, 2.45) is 17.3 Å². The summed E-state index contributed by atoms with van der Waals surface area (Å²) in [7, 11) is -1.77. The Balaban J connectivity index is 2.05. The van der Waals surface area contributed by atoms with Gasteiger partial charge in [-0.15, -0.1) is 0 Å². The average Bonchev–Trinajstić information content (AvgIpc) is 2.92. The number of ether oxygens (including phenoxy) is 2. The van der Waals surface area contributed by atoms with Gasteiger partial charge in [0.05, 0.1) is 25.0 Å². The van der Waals surface area contributed by atoms with Crippen LogP contribution in [0.1, 0.15) is 73.6 Å². The smallest absolute Gasteiger partial charge is 0.333 e. The van der Waals surface area contributed by atoms with Crippen LogP contribution in [0.25, 0.3) is 0 Å². The van der Waals surface area contributed by atoms with E-state index in [1.165, 1.54) is 44.4 Å². The minimum absolute atomic E-state index is 0.0901. The molecule has 0 saturated heterocycles. The lowest BCUT2D eigenvalue weighted by Gasteiger charge is -2.49. The van der Waals surface area contributed by atoms with E-state index in [0.717, 1.165) is 0 Å². The molecule has 0 aromatic rings. The summed E-state index contributed by atoms with van der Waals surface area (Å²) in [5.74, 6) is 0.765. The molecule has 0 radical (unpaired) electrons. The van der Waals surface area contributed by atoms with Crippen molar-refractivity contribution in [2.75, 3.05) is 6.61 Å². The summed E-state index contributed by atoms with van der Waals surface area (Å²) >= 11 is 0. The predicted octanol–water partition coefficient (Wildman–Crippen LogP) is 6.08. The van der Waals surface area contributed by atoms with E-state index in [0.29, 0.717) is 24.5 Å². The van der Waals surface area contributed by atoms with Crippen LogP contribution in [0.4, 0.5) is 0 Å². The van der Waals surface area contributed by atoms with Crippen LogP contribution < -0.4 is 0 Å². The monoisotopic (exact) mass is 410 g/mol. The third kappa shape index (κ3) is 5.02. The predicted molar refractivity (Wildman–Crippen MR) is 117 cm³/mol. The van der Waals surface area contributed by atoms with Gasteiger partial charge in [0.25, 0.3) is 0 Å². The Kier molecular flexibility index (Phi) is 7.46. The zero-order chi connectivity index (χ0) is 21.2. The molecule has 0 aliphatic heterocycles. The minimum Gasteiger partial charge on any atom is -0.498 e. The molecule has 2 saturated carbocycles. The van der Waals surface area contributed by atoms with Crippen molar-refractivity contribution in [3.05, 3.63) is 12.3 Å². The molecule has 2 rings (SSSR count). The number of rotatable bonds is 7. The first-order valence-electron chi connectivity index (χ1n) is 11.1. The molecule has 5 heteroatoms. The van der Waals surface area contributed by atoms with Gasteiger partial charge < -0.3 is 13.9 Å². The first-order chi connectivity index (χ1) is 12.9. The van der Waals surface area contributed by atoms with E-state index in [1.807, 2.05) is 0 Å². The van der Waals surface area contributed by atoms with E-state index in [9.17, 15) is 4.79 Å². The highest BCUT2D eigenvalue weighted by molar-refractivity contribution is 6.74. The quantitative estimate of drug-likeness (QED) is 0.221. The van der Waals surface area contributed by atoms with Gasteiger partial charge in [-0.25, -0.2) is 4.79 Å². The van der Waals surface area contributed by atoms with E-state index in [2.05, 4.69) is 47.7 Å². The summed E-state index contributed by atoms with van der Waals surface area (Å²) < 4.78 is 17.8. The van der Waals surface area contributed by atoms with Crippen LogP contribution in [-0.4, -0.2) is 33.1 Å². The Labute approximate surface area is 173 Å². The Morgan fingerprint density at radius 3 is 2.54 bits per heavy atom. The van der Waals surface area contributed by atoms with Crippen molar-refractivity contribution in [2.45, 2.75) is 104 Å². The summed E-state index contributed by atoms with van der Waals surface area (Å²) in [6.45, 7) is 18.5. The number of fused-ring (bicyclic) bond motifs is 1. The van der Waals surface area contributed by atoms with Crippen molar-refractivity contribution >= 4 is 14.3 Å². The number of carbonyl (C=O) groups is 1. The van der Waals surface area contributed by atoms with Crippen molar-refractivity contribution in [1.82, 2.24) is 0 Å². The summed E-state index contributed by atoms with van der Waals surface area (Å²) in [6.07, 6.45) is 9.44. The fourth-order valence-corrected chi connectivity index (χ4v) is 6.52. The fraction of sp³-hybridized carbons (Fsp3) is 0.870. The van der Waals surface area contributed by atoms with Crippen molar-refractivity contribution in [3.8, 4) is 0 Å². The molecule has 0 N–H and O–H groups in total. The second kappa shape index (κ2) is 8.91. The van der Waals surface area contributed by atoms with E-state index in [-0.39, 0.29) is 22.5 Å². The first-order valence-corrected chi connectivity index (χ1v) is 14.0. The minimum atomic E-state index is -1.77. The maximum absolute atomic E-state index is 11.5. The molecule has 4 nitrogen and oxygen atoms in total. The van der Waals surface area contributed by atoms with Gasteiger partial charge in [0.15, 0.2) is 8.32 Å². The third-order valence-electron chi connectivity index (χ3n) is 7.74. The summed E-state index contributed by atoms with van der Waals surface area (Å²) in [6, 6.07) is 0. The van der Waals surface area contributed by atoms with Gasteiger partial charge in [-0.2, -0.15) is 0 Å². The van der Waals surface area contributed by atoms with Crippen LogP contribution in [-0.2, 0) is 18.7 Å². The number of esters is 1. The first kappa shape index (κ1) is 23.5. The lowest BCUT2D eigenvalue weighted by atomic mass is 9.63. The van der Waals surface area contributed by atoms with Crippen LogP contribution in [0, 0.1) is 17.3 Å². The molecule has 0 spiro atoms. The largest absolute Gasteiger partial charge is 0.498 e. The average molecular weight is 411 g/mol. The molecule has 0 aromatic carbocycles. The molecule has 0 amide bonds. The Morgan fingerprint density at radius 2 is 1.93 bits per heavy atom. The summed E-state index contributed by atoms with van der Waals surface area (Å²) in [5, 5.41) is 0.243. The van der Waals surface area contributed by atoms with Crippen LogP contribution >= 0.6 is 0 Å². The molecule has 0 heterocycles. The van der Waals surface area contributed by atoms with Crippen molar-refractivity contribution < 1.29 is 18.7 Å². The van der Waals surface area contributed by atoms with Crippen molar-refractivity contribution in [1.29, 1.82) is 0 Å². The van der Waals surface area contributed by atoms with Gasteiger partial charge in [-0.1, -0.05) is 34.1 Å². The molecule has 5 atom stereocenters. The SMILES string of the molecule is CCOC(=O)/C=C/O[C@@H](C)[C@H]1CC[C@H]2[C@@H](O[Si](C)(C)C(C)(C)C)CCC[C@]12C. The second-order valence-corrected chi connectivity index (χ2v) is 15.3. The Hall–Kier alpha value is -0.813. The molecule has 162 valence electrons. The lowest BCUT2D eigenvalue weighted by Crippen LogP contribution is -2.50. The lowest BCUT2D eigenvalue weighted by molar-refractivity contribution is -0.137. The Morgan fingerprint density at radius 1 is 1.25 bits per heavy atom. The maximum Gasteiger partial charge on any atom is 0.333 e. The van der Waals surface area contributed by atoms with E-state index in [4.69, 9.17) is 13.9 Å². The van der Waals surface area contributed by atoms with Crippen LogP contribution in [0.5, 0.6) is 0 Å².